The maximum atomic E-state index is 14.4. The summed E-state index contributed by atoms with van der Waals surface area (Å²) in [6.07, 6.45) is -7.57. The number of rotatable bonds is 9. The number of nitrogens with zero attached hydrogens (tertiary/aromatic N) is 4. The summed E-state index contributed by atoms with van der Waals surface area (Å²) in [5, 5.41) is 12.8. The lowest BCUT2D eigenvalue weighted by molar-refractivity contribution is -0.214. The molecule has 1 fully saturated rings. The van der Waals surface area contributed by atoms with Crippen molar-refractivity contribution in [2.75, 3.05) is 13.1 Å². The van der Waals surface area contributed by atoms with Crippen molar-refractivity contribution in [1.82, 2.24) is 19.7 Å². The van der Waals surface area contributed by atoms with Gasteiger partial charge in [0.15, 0.2) is 11.5 Å². The van der Waals surface area contributed by atoms with E-state index in [4.69, 9.17) is 23.2 Å². The fourth-order valence-electron chi connectivity index (χ4n) is 4.69. The van der Waals surface area contributed by atoms with Crippen LogP contribution >= 0.6 is 23.2 Å². The highest BCUT2D eigenvalue weighted by Crippen LogP contribution is 2.44. The van der Waals surface area contributed by atoms with Gasteiger partial charge in [0.1, 0.15) is 0 Å². The third-order valence-corrected chi connectivity index (χ3v) is 8.32. The first kappa shape index (κ1) is 33.6. The van der Waals surface area contributed by atoms with Gasteiger partial charge in [0.2, 0.25) is 0 Å². The number of Topliss-reactive ketones (excluding diaryl/α,β-unsaturated/α-hetero) is 1. The number of amides is 1. The number of halogens is 8. The molecule has 1 aliphatic carbocycles. The summed E-state index contributed by atoms with van der Waals surface area (Å²) in [5.41, 5.74) is -6.17. The van der Waals surface area contributed by atoms with Gasteiger partial charge in [0.05, 0.1) is 50.8 Å². The van der Waals surface area contributed by atoms with E-state index in [0.717, 1.165) is 26.2 Å². The number of carboxylic acids is 1. The van der Waals surface area contributed by atoms with Crippen molar-refractivity contribution in [3.63, 3.8) is 0 Å². The van der Waals surface area contributed by atoms with Gasteiger partial charge in [-0.3, -0.25) is 24.0 Å². The van der Waals surface area contributed by atoms with Gasteiger partial charge in [-0.05, 0) is 39.0 Å². The average Bonchev–Trinajstić information content (AvgIpc) is 3.31. The molecule has 3 rings (SSSR count). The molecule has 2 aromatic heterocycles. The molecule has 0 aromatic carbocycles. The molecule has 42 heavy (non-hydrogen) atoms. The molecule has 0 radical (unpaired) electrons. The molecule has 0 aliphatic heterocycles. The van der Waals surface area contributed by atoms with E-state index >= 15 is 0 Å². The highest BCUT2D eigenvalue weighted by Gasteiger charge is 2.48. The highest BCUT2D eigenvalue weighted by atomic mass is 35.5. The number of ketones is 1. The molecular weight excluding hydrogens is 617 g/mol. The number of carboxylic acid groups (broad SMARTS) is 1. The SMILES string of the molecule is CC1(C(=O)O)CCC(n2ncc(C(=O)N(CCC(C)(C)C(F)(F)F)CC(=O)c3c(Cl)cncc3Cl)c2C(F)(F)F)CC1. The third kappa shape index (κ3) is 7.01. The molecule has 1 saturated carbocycles. The summed E-state index contributed by atoms with van der Waals surface area (Å²) in [7, 11) is 0. The van der Waals surface area contributed by atoms with Crippen molar-refractivity contribution >= 4 is 40.9 Å². The van der Waals surface area contributed by atoms with Crippen LogP contribution in [0, 0.1) is 10.8 Å². The second kappa shape index (κ2) is 12.0. The summed E-state index contributed by atoms with van der Waals surface area (Å²) in [5.74, 6) is -3.37. The van der Waals surface area contributed by atoms with E-state index in [9.17, 15) is 45.8 Å². The Balaban J connectivity index is 2.01. The van der Waals surface area contributed by atoms with Crippen molar-refractivity contribution in [2.24, 2.45) is 10.8 Å². The maximum absolute atomic E-state index is 14.4. The van der Waals surface area contributed by atoms with E-state index in [-0.39, 0.29) is 41.3 Å². The van der Waals surface area contributed by atoms with Crippen LogP contribution in [0.2, 0.25) is 10.0 Å². The van der Waals surface area contributed by atoms with Crippen molar-refractivity contribution in [3.05, 3.63) is 45.5 Å². The van der Waals surface area contributed by atoms with E-state index in [1.807, 2.05) is 0 Å². The quantitative estimate of drug-likeness (QED) is 0.230. The van der Waals surface area contributed by atoms with Gasteiger partial charge in [-0.25, -0.2) is 0 Å². The number of alkyl halides is 6. The maximum Gasteiger partial charge on any atom is 0.433 e. The predicted octanol–water partition coefficient (Wildman–Crippen LogP) is 7.11. The van der Waals surface area contributed by atoms with Crippen LogP contribution in [0.25, 0.3) is 0 Å². The van der Waals surface area contributed by atoms with E-state index < -0.39 is 77.7 Å². The Morgan fingerprint density at radius 2 is 1.60 bits per heavy atom. The Labute approximate surface area is 247 Å². The fraction of sp³-hybridized carbons (Fsp3) is 0.577. The lowest BCUT2D eigenvalue weighted by atomic mass is 9.74. The number of aliphatic carboxylic acids is 1. The first-order valence-electron chi connectivity index (χ1n) is 12.8. The first-order valence-corrected chi connectivity index (χ1v) is 13.5. The molecular formula is C26H28Cl2F6N4O4. The number of hydrogen-bond donors (Lipinski definition) is 1. The summed E-state index contributed by atoms with van der Waals surface area (Å²) in [4.78, 5) is 42.5. The summed E-state index contributed by atoms with van der Waals surface area (Å²) in [6.45, 7) is 1.55. The van der Waals surface area contributed by atoms with E-state index in [2.05, 4.69) is 10.1 Å². The highest BCUT2D eigenvalue weighted by molar-refractivity contribution is 6.39. The molecule has 16 heteroatoms. The Bertz CT molecular complexity index is 1330. The van der Waals surface area contributed by atoms with Crippen LogP contribution in [-0.2, 0) is 11.0 Å². The zero-order chi connectivity index (χ0) is 31.8. The molecule has 0 bridgehead atoms. The van der Waals surface area contributed by atoms with Crippen molar-refractivity contribution < 1.29 is 45.8 Å². The molecule has 0 saturated heterocycles. The summed E-state index contributed by atoms with van der Waals surface area (Å²) >= 11 is 12.0. The van der Waals surface area contributed by atoms with Crippen LogP contribution in [0.15, 0.2) is 18.6 Å². The van der Waals surface area contributed by atoms with Crippen molar-refractivity contribution in [1.29, 1.82) is 0 Å². The minimum atomic E-state index is -5.12. The van der Waals surface area contributed by atoms with Crippen molar-refractivity contribution in [3.8, 4) is 0 Å². The standard InChI is InChI=1S/C26H28Cl2F6N4O4/c1-23(2,26(32,33)34)8-9-37(13-18(39)19-16(27)11-35-12-17(19)28)21(40)15-10-36-38(20(15)25(29,30)31)14-4-6-24(3,7-5-14)22(41)42/h10-12,14H,4-9,13H2,1-3H3,(H,41,42). The Morgan fingerprint density at radius 1 is 1.05 bits per heavy atom. The lowest BCUT2D eigenvalue weighted by Crippen LogP contribution is -2.42. The zero-order valence-electron chi connectivity index (χ0n) is 22.7. The van der Waals surface area contributed by atoms with E-state index in [0.29, 0.717) is 15.8 Å². The normalized spacial score (nSPS) is 19.9. The van der Waals surface area contributed by atoms with Gasteiger partial charge in [-0.2, -0.15) is 31.4 Å². The monoisotopic (exact) mass is 644 g/mol. The summed E-state index contributed by atoms with van der Waals surface area (Å²) in [6, 6.07) is -0.885. The van der Waals surface area contributed by atoms with Gasteiger partial charge in [-0.15, -0.1) is 0 Å². The topological polar surface area (TPSA) is 105 Å². The van der Waals surface area contributed by atoms with Gasteiger partial charge in [0, 0.05) is 18.9 Å². The van der Waals surface area contributed by atoms with Gasteiger partial charge >= 0.3 is 18.3 Å². The minimum absolute atomic E-state index is 0.0300. The lowest BCUT2D eigenvalue weighted by Gasteiger charge is -2.34. The molecule has 232 valence electrons. The largest absolute Gasteiger partial charge is 0.481 e. The van der Waals surface area contributed by atoms with Crippen LogP contribution < -0.4 is 0 Å². The second-order valence-electron chi connectivity index (χ2n) is 11.2. The van der Waals surface area contributed by atoms with Gasteiger partial charge in [-0.1, -0.05) is 37.0 Å². The molecule has 0 atom stereocenters. The average molecular weight is 645 g/mol. The van der Waals surface area contributed by atoms with Gasteiger partial charge in [0.25, 0.3) is 5.91 Å². The molecule has 8 nitrogen and oxygen atoms in total. The second-order valence-corrected chi connectivity index (χ2v) is 12.0. The zero-order valence-corrected chi connectivity index (χ0v) is 24.3. The number of pyridine rings is 1. The van der Waals surface area contributed by atoms with Gasteiger partial charge < -0.3 is 10.0 Å². The fourth-order valence-corrected chi connectivity index (χ4v) is 5.26. The smallest absolute Gasteiger partial charge is 0.433 e. The Hall–Kier alpha value is -2.87. The first-order chi connectivity index (χ1) is 19.2. The Kier molecular flexibility index (Phi) is 9.62. The number of carbonyl (C=O) groups is 3. The van der Waals surface area contributed by atoms with E-state index in [1.54, 1.807) is 0 Å². The third-order valence-electron chi connectivity index (χ3n) is 7.74. The molecule has 1 amide bonds. The van der Waals surface area contributed by atoms with Crippen molar-refractivity contribution in [2.45, 2.75) is 71.3 Å². The molecule has 0 spiro atoms. The Morgan fingerprint density at radius 3 is 2.07 bits per heavy atom. The van der Waals surface area contributed by atoms with Crippen LogP contribution in [0.5, 0.6) is 0 Å². The number of carbonyl (C=O) groups excluding carboxylic acids is 2. The molecule has 2 aromatic rings. The number of aromatic nitrogens is 3. The molecule has 0 unspecified atom stereocenters. The molecule has 2 heterocycles. The van der Waals surface area contributed by atoms with Crippen LogP contribution in [0.3, 0.4) is 0 Å². The number of hydrogen-bond acceptors (Lipinski definition) is 5. The van der Waals surface area contributed by atoms with Crippen LogP contribution in [0.1, 0.15) is 85.3 Å². The summed E-state index contributed by atoms with van der Waals surface area (Å²) < 4.78 is 84.5. The molecule has 1 aliphatic rings. The predicted molar refractivity (Wildman–Crippen MR) is 139 cm³/mol. The van der Waals surface area contributed by atoms with Crippen LogP contribution in [-0.4, -0.2) is 61.7 Å². The molecule has 1 N–H and O–H groups in total. The minimum Gasteiger partial charge on any atom is -0.481 e. The van der Waals surface area contributed by atoms with Crippen LogP contribution in [0.4, 0.5) is 26.3 Å². The van der Waals surface area contributed by atoms with E-state index in [1.165, 1.54) is 6.92 Å².